The average Bonchev–Trinajstić information content (AvgIpc) is 3.00. The Bertz CT molecular complexity index is 1050. The van der Waals surface area contributed by atoms with Crippen LogP contribution >= 0.6 is 27.7 Å². The zero-order valence-electron chi connectivity index (χ0n) is 17.0. The molecule has 0 fully saturated rings. The quantitative estimate of drug-likeness (QED) is 0.433. The molecule has 0 atom stereocenters. The molecule has 3 rings (SSSR count). The van der Waals surface area contributed by atoms with Gasteiger partial charge in [-0.25, -0.2) is 0 Å². The fourth-order valence-electron chi connectivity index (χ4n) is 3.18. The number of anilines is 1. The molecule has 0 saturated heterocycles. The summed E-state index contributed by atoms with van der Waals surface area (Å²) < 4.78 is 2.91. The highest BCUT2D eigenvalue weighted by Crippen LogP contribution is 2.29. The summed E-state index contributed by atoms with van der Waals surface area (Å²) in [5.74, 6) is -0.0214. The number of nitriles is 1. The summed E-state index contributed by atoms with van der Waals surface area (Å²) in [5.41, 5.74) is 3.83. The number of amides is 1. The van der Waals surface area contributed by atoms with Crippen molar-refractivity contribution in [2.75, 3.05) is 5.32 Å². The number of rotatable bonds is 8. The summed E-state index contributed by atoms with van der Waals surface area (Å²) in [7, 11) is 0. The summed E-state index contributed by atoms with van der Waals surface area (Å²) in [5, 5.41) is 16.2. The molecule has 154 valence electrons. The van der Waals surface area contributed by atoms with Crippen LogP contribution in [0.15, 0.2) is 62.8 Å². The van der Waals surface area contributed by atoms with Gasteiger partial charge < -0.3 is 5.32 Å². The van der Waals surface area contributed by atoms with E-state index in [1.54, 1.807) is 11.8 Å². The van der Waals surface area contributed by atoms with E-state index in [2.05, 4.69) is 44.5 Å². The first kappa shape index (κ1) is 22.1. The molecule has 0 aliphatic rings. The van der Waals surface area contributed by atoms with Crippen molar-refractivity contribution in [3.63, 3.8) is 0 Å². The Kier molecular flexibility index (Phi) is 7.72. The van der Waals surface area contributed by atoms with Crippen LogP contribution in [0.2, 0.25) is 0 Å². The second kappa shape index (κ2) is 10.5. The lowest BCUT2D eigenvalue weighted by molar-refractivity contribution is -0.116. The van der Waals surface area contributed by atoms with Crippen molar-refractivity contribution < 1.29 is 4.79 Å². The summed E-state index contributed by atoms with van der Waals surface area (Å²) in [6, 6.07) is 18.2. The second-order valence-electron chi connectivity index (χ2n) is 6.91. The molecule has 0 saturated carbocycles. The third-order valence-electron chi connectivity index (χ3n) is 4.76. The summed E-state index contributed by atoms with van der Waals surface area (Å²) in [6.45, 7) is 4.53. The topological polar surface area (TPSA) is 70.7 Å². The summed E-state index contributed by atoms with van der Waals surface area (Å²) >= 11 is 5.12. The van der Waals surface area contributed by atoms with Crippen molar-refractivity contribution in [2.45, 2.75) is 49.4 Å². The molecule has 0 aliphatic heterocycles. The van der Waals surface area contributed by atoms with Crippen LogP contribution in [0.3, 0.4) is 0 Å². The van der Waals surface area contributed by atoms with E-state index < -0.39 is 0 Å². The third-order valence-corrected chi connectivity index (χ3v) is 6.30. The van der Waals surface area contributed by atoms with Crippen LogP contribution in [0.4, 0.5) is 5.69 Å². The molecule has 0 spiro atoms. The highest BCUT2D eigenvalue weighted by molar-refractivity contribution is 9.10. The van der Waals surface area contributed by atoms with Crippen molar-refractivity contribution in [1.82, 2.24) is 9.78 Å². The van der Waals surface area contributed by atoms with Gasteiger partial charge in [-0.1, -0.05) is 27.7 Å². The minimum Gasteiger partial charge on any atom is -0.326 e. The van der Waals surface area contributed by atoms with Gasteiger partial charge in [-0.2, -0.15) is 10.4 Å². The molecule has 0 unspecified atom stereocenters. The lowest BCUT2D eigenvalue weighted by Gasteiger charge is -2.07. The maximum Gasteiger partial charge on any atom is 0.224 e. The van der Waals surface area contributed by atoms with Crippen LogP contribution in [0, 0.1) is 25.2 Å². The van der Waals surface area contributed by atoms with E-state index >= 15 is 0 Å². The Morgan fingerprint density at radius 2 is 1.77 bits per heavy atom. The van der Waals surface area contributed by atoms with E-state index in [0.29, 0.717) is 25.8 Å². The van der Waals surface area contributed by atoms with Gasteiger partial charge in [-0.05, 0) is 74.4 Å². The molecule has 0 bridgehead atoms. The van der Waals surface area contributed by atoms with Crippen molar-refractivity contribution in [3.05, 3.63) is 70.0 Å². The van der Waals surface area contributed by atoms with Gasteiger partial charge in [0, 0.05) is 32.1 Å². The minimum atomic E-state index is -0.0214. The van der Waals surface area contributed by atoms with E-state index in [9.17, 15) is 4.79 Å². The van der Waals surface area contributed by atoms with Crippen molar-refractivity contribution in [1.29, 1.82) is 5.26 Å². The number of hydrogen-bond acceptors (Lipinski definition) is 4. The normalized spacial score (nSPS) is 10.6. The van der Waals surface area contributed by atoms with Crippen LogP contribution in [0.5, 0.6) is 0 Å². The number of aryl methyl sites for hydroxylation is 2. The largest absolute Gasteiger partial charge is 0.326 e. The monoisotopic (exact) mass is 482 g/mol. The zero-order chi connectivity index (χ0) is 21.5. The fourth-order valence-corrected chi connectivity index (χ4v) is 4.26. The number of carbonyl (C=O) groups excluding carboxylic acids is 1. The van der Waals surface area contributed by atoms with Gasteiger partial charge in [0.1, 0.15) is 0 Å². The van der Waals surface area contributed by atoms with Crippen molar-refractivity contribution in [2.24, 2.45) is 0 Å². The minimum absolute atomic E-state index is 0.0214. The Balaban J connectivity index is 1.53. The van der Waals surface area contributed by atoms with Crippen molar-refractivity contribution in [3.8, 4) is 6.07 Å². The highest BCUT2D eigenvalue weighted by Gasteiger charge is 2.13. The first-order valence-corrected chi connectivity index (χ1v) is 11.3. The maximum atomic E-state index is 12.4. The maximum absolute atomic E-state index is 12.4. The zero-order valence-corrected chi connectivity index (χ0v) is 19.4. The number of nitrogens with one attached hydrogen (secondary N) is 1. The average molecular weight is 483 g/mol. The van der Waals surface area contributed by atoms with Gasteiger partial charge in [0.2, 0.25) is 5.91 Å². The second-order valence-corrected chi connectivity index (χ2v) is 8.97. The third kappa shape index (κ3) is 5.97. The van der Waals surface area contributed by atoms with E-state index in [-0.39, 0.29) is 5.91 Å². The number of halogens is 1. The van der Waals surface area contributed by atoms with E-state index in [1.807, 2.05) is 54.9 Å². The number of hydrogen-bond donors (Lipinski definition) is 1. The first-order valence-electron chi connectivity index (χ1n) is 9.69. The standard InChI is InChI=1S/C23H23BrN4OS/c1-16-22(17(2)28(27-16)15-3-14-25)12-13-23(29)26-19-6-10-21(11-7-19)30-20-8-4-18(24)5-9-20/h4-11H,3,12-13,15H2,1-2H3,(H,26,29). The Morgan fingerprint density at radius 1 is 1.13 bits per heavy atom. The molecular weight excluding hydrogens is 460 g/mol. The predicted molar refractivity (Wildman–Crippen MR) is 124 cm³/mol. The van der Waals surface area contributed by atoms with E-state index in [0.717, 1.165) is 36.9 Å². The van der Waals surface area contributed by atoms with Gasteiger partial charge >= 0.3 is 0 Å². The molecule has 3 aromatic rings. The van der Waals surface area contributed by atoms with Gasteiger partial charge in [0.25, 0.3) is 0 Å². The first-order chi connectivity index (χ1) is 14.5. The van der Waals surface area contributed by atoms with Gasteiger partial charge in [0.05, 0.1) is 24.7 Å². The van der Waals surface area contributed by atoms with Crippen LogP contribution in [0.1, 0.15) is 29.8 Å². The number of carbonyl (C=O) groups is 1. The molecule has 1 amide bonds. The predicted octanol–water partition coefficient (Wildman–Crippen LogP) is 5.90. The summed E-state index contributed by atoms with van der Waals surface area (Å²) in [6.07, 6.45) is 1.45. The van der Waals surface area contributed by atoms with E-state index in [1.165, 1.54) is 0 Å². The smallest absolute Gasteiger partial charge is 0.224 e. The number of benzene rings is 2. The Morgan fingerprint density at radius 3 is 2.40 bits per heavy atom. The van der Waals surface area contributed by atoms with Crippen LogP contribution in [0.25, 0.3) is 0 Å². The van der Waals surface area contributed by atoms with Crippen LogP contribution < -0.4 is 5.32 Å². The number of aromatic nitrogens is 2. The molecule has 7 heteroatoms. The molecule has 1 heterocycles. The summed E-state index contributed by atoms with van der Waals surface area (Å²) in [4.78, 5) is 14.7. The lowest BCUT2D eigenvalue weighted by atomic mass is 10.1. The Hall–Kier alpha value is -2.56. The Labute approximate surface area is 189 Å². The SMILES string of the molecule is Cc1nn(CCC#N)c(C)c1CCC(=O)Nc1ccc(Sc2ccc(Br)cc2)cc1. The van der Waals surface area contributed by atoms with Crippen LogP contribution in [-0.4, -0.2) is 15.7 Å². The molecule has 1 aromatic heterocycles. The molecule has 0 radical (unpaired) electrons. The van der Waals surface area contributed by atoms with Crippen molar-refractivity contribution >= 4 is 39.3 Å². The van der Waals surface area contributed by atoms with Crippen LogP contribution in [-0.2, 0) is 17.8 Å². The van der Waals surface area contributed by atoms with Gasteiger partial charge in [0.15, 0.2) is 0 Å². The van der Waals surface area contributed by atoms with Gasteiger partial charge in [-0.3, -0.25) is 9.48 Å². The number of nitrogens with zero attached hydrogens (tertiary/aromatic N) is 3. The molecule has 1 N–H and O–H groups in total. The molecule has 5 nitrogen and oxygen atoms in total. The molecule has 2 aromatic carbocycles. The van der Waals surface area contributed by atoms with Gasteiger partial charge in [-0.15, -0.1) is 0 Å². The highest BCUT2D eigenvalue weighted by atomic mass is 79.9. The molecule has 0 aliphatic carbocycles. The lowest BCUT2D eigenvalue weighted by Crippen LogP contribution is -2.12. The van der Waals surface area contributed by atoms with E-state index in [4.69, 9.17) is 5.26 Å². The fraction of sp³-hybridized carbons (Fsp3) is 0.261. The molecule has 30 heavy (non-hydrogen) atoms. The molecular formula is C23H23BrN4OS.